The molecule has 9 nitrogen and oxygen atoms in total. The van der Waals surface area contributed by atoms with Gasteiger partial charge in [0.15, 0.2) is 17.3 Å². The second kappa shape index (κ2) is 12.3. The number of amides is 1. The van der Waals surface area contributed by atoms with Crippen LogP contribution in [0.2, 0.25) is 10.0 Å². The third-order valence-corrected chi connectivity index (χ3v) is 4.87. The van der Waals surface area contributed by atoms with Crippen molar-refractivity contribution in [3.63, 3.8) is 0 Å². The lowest BCUT2D eigenvalue weighted by Gasteiger charge is -2.14. The molecule has 0 saturated heterocycles. The summed E-state index contributed by atoms with van der Waals surface area (Å²) in [4.78, 5) is 25.0. The van der Waals surface area contributed by atoms with Crippen molar-refractivity contribution >= 4 is 46.3 Å². The van der Waals surface area contributed by atoms with Gasteiger partial charge in [0.1, 0.15) is 17.2 Å². The van der Waals surface area contributed by atoms with E-state index in [1.54, 1.807) is 6.92 Å². The molecule has 0 spiro atoms. The zero-order valence-electron chi connectivity index (χ0n) is 18.9. The van der Waals surface area contributed by atoms with Crippen LogP contribution >= 0.6 is 23.2 Å². The van der Waals surface area contributed by atoms with Crippen molar-refractivity contribution < 1.29 is 28.5 Å². The van der Waals surface area contributed by atoms with Gasteiger partial charge in [0.2, 0.25) is 6.04 Å². The number of halogens is 2. The summed E-state index contributed by atoms with van der Waals surface area (Å²) in [5, 5.41) is 11.1. The SMILES string of the molecule is CCOc1cc(N=NC(C(C)=O)C(=O)Nc2cc(OC)c(OC)cc2Cl)c(OCC)cc1Cl. The molecule has 1 unspecified atom stereocenters. The number of methoxy groups -OCH3 is 2. The molecular formula is C22H25Cl2N3O6. The zero-order chi connectivity index (χ0) is 24.5. The Balaban J connectivity index is 2.35. The third-order valence-electron chi connectivity index (χ3n) is 4.26. The quantitative estimate of drug-likeness (QED) is 0.324. The first kappa shape index (κ1) is 26.2. The maximum absolute atomic E-state index is 12.8. The number of carbonyl (C=O) groups is 2. The molecule has 1 N–H and O–H groups in total. The molecule has 0 aromatic heterocycles. The molecule has 33 heavy (non-hydrogen) atoms. The zero-order valence-corrected chi connectivity index (χ0v) is 20.4. The number of Topliss-reactive ketones (excluding diaryl/α,β-unsaturated/α-hetero) is 1. The summed E-state index contributed by atoms with van der Waals surface area (Å²) in [6.45, 7) is 5.57. The highest BCUT2D eigenvalue weighted by Gasteiger charge is 2.25. The van der Waals surface area contributed by atoms with Gasteiger partial charge in [0, 0.05) is 24.3 Å². The number of hydrogen-bond acceptors (Lipinski definition) is 8. The molecule has 0 aliphatic rings. The monoisotopic (exact) mass is 497 g/mol. The number of benzene rings is 2. The number of hydrogen-bond donors (Lipinski definition) is 1. The normalized spacial score (nSPS) is 11.7. The van der Waals surface area contributed by atoms with Crippen LogP contribution < -0.4 is 24.3 Å². The minimum Gasteiger partial charge on any atom is -0.493 e. The molecule has 0 bridgehead atoms. The molecule has 1 atom stereocenters. The number of rotatable bonds is 11. The van der Waals surface area contributed by atoms with Crippen LogP contribution in [0.1, 0.15) is 20.8 Å². The summed E-state index contributed by atoms with van der Waals surface area (Å²) in [5.74, 6) is 0.198. The molecule has 2 aromatic rings. The predicted octanol–water partition coefficient (Wildman–Crippen LogP) is 5.49. The lowest BCUT2D eigenvalue weighted by molar-refractivity contribution is -0.126. The van der Waals surface area contributed by atoms with Crippen molar-refractivity contribution in [3.05, 3.63) is 34.3 Å². The lowest BCUT2D eigenvalue weighted by Crippen LogP contribution is -2.32. The maximum atomic E-state index is 12.8. The Morgan fingerprint density at radius 3 is 2.06 bits per heavy atom. The second-order valence-corrected chi connectivity index (χ2v) is 7.34. The summed E-state index contributed by atoms with van der Waals surface area (Å²) in [7, 11) is 2.91. The van der Waals surface area contributed by atoms with Crippen LogP contribution in [0.4, 0.5) is 11.4 Å². The van der Waals surface area contributed by atoms with Crippen molar-refractivity contribution in [1.29, 1.82) is 0 Å². The Bertz CT molecular complexity index is 1050. The summed E-state index contributed by atoms with van der Waals surface area (Å²) >= 11 is 12.4. The van der Waals surface area contributed by atoms with E-state index in [1.165, 1.54) is 45.4 Å². The average Bonchev–Trinajstić information content (AvgIpc) is 2.77. The Labute approximate surface area is 202 Å². The molecular weight excluding hydrogens is 473 g/mol. The van der Waals surface area contributed by atoms with Crippen LogP contribution in [0, 0.1) is 0 Å². The molecule has 0 heterocycles. The molecule has 0 aliphatic carbocycles. The molecule has 0 fully saturated rings. The number of nitrogens with one attached hydrogen (secondary N) is 1. The van der Waals surface area contributed by atoms with Gasteiger partial charge in [-0.15, -0.1) is 0 Å². The van der Waals surface area contributed by atoms with Crippen LogP contribution in [-0.2, 0) is 9.59 Å². The number of ether oxygens (including phenoxy) is 4. The highest BCUT2D eigenvalue weighted by molar-refractivity contribution is 6.34. The average molecular weight is 498 g/mol. The highest BCUT2D eigenvalue weighted by Crippen LogP contribution is 2.39. The van der Waals surface area contributed by atoms with Gasteiger partial charge in [-0.25, -0.2) is 0 Å². The van der Waals surface area contributed by atoms with Gasteiger partial charge in [0.05, 0.1) is 43.2 Å². The molecule has 178 valence electrons. The summed E-state index contributed by atoms with van der Waals surface area (Å²) in [6, 6.07) is 4.60. The van der Waals surface area contributed by atoms with E-state index in [0.29, 0.717) is 41.2 Å². The van der Waals surface area contributed by atoms with Gasteiger partial charge in [-0.05, 0) is 20.8 Å². The minimum absolute atomic E-state index is 0.193. The van der Waals surface area contributed by atoms with E-state index in [2.05, 4.69) is 15.5 Å². The topological polar surface area (TPSA) is 108 Å². The fraction of sp³-hybridized carbons (Fsp3) is 0.364. The van der Waals surface area contributed by atoms with Crippen molar-refractivity contribution in [2.24, 2.45) is 10.2 Å². The third kappa shape index (κ3) is 6.72. The van der Waals surface area contributed by atoms with Crippen LogP contribution in [0.5, 0.6) is 23.0 Å². The standard InChI is InChI=1S/C22H25Cl2N3O6/c1-6-32-17-11-16(18(33-7-2)9-14(17)24)26-27-21(12(3)28)22(29)25-15-10-20(31-5)19(30-4)8-13(15)23/h8-11,21H,6-7H2,1-5H3,(H,25,29). The largest absolute Gasteiger partial charge is 0.493 e. The van der Waals surface area contributed by atoms with E-state index in [1.807, 2.05) is 6.92 Å². The Morgan fingerprint density at radius 1 is 0.909 bits per heavy atom. The first-order valence-corrected chi connectivity index (χ1v) is 10.7. The molecule has 11 heteroatoms. The number of anilines is 1. The van der Waals surface area contributed by atoms with Gasteiger partial charge < -0.3 is 24.3 Å². The van der Waals surface area contributed by atoms with Gasteiger partial charge in [-0.1, -0.05) is 23.2 Å². The van der Waals surface area contributed by atoms with Crippen molar-refractivity contribution in [3.8, 4) is 23.0 Å². The van der Waals surface area contributed by atoms with Crippen LogP contribution in [0.3, 0.4) is 0 Å². The fourth-order valence-corrected chi connectivity index (χ4v) is 3.14. The Kier molecular flexibility index (Phi) is 9.74. The summed E-state index contributed by atoms with van der Waals surface area (Å²) < 4.78 is 21.4. The highest BCUT2D eigenvalue weighted by atomic mass is 35.5. The minimum atomic E-state index is -1.44. The number of carbonyl (C=O) groups excluding carboxylic acids is 2. The lowest BCUT2D eigenvalue weighted by atomic mass is 10.2. The van der Waals surface area contributed by atoms with E-state index in [4.69, 9.17) is 42.1 Å². The number of nitrogens with zero attached hydrogens (tertiary/aromatic N) is 2. The van der Waals surface area contributed by atoms with Crippen molar-refractivity contribution in [1.82, 2.24) is 0 Å². The molecule has 0 saturated carbocycles. The van der Waals surface area contributed by atoms with E-state index < -0.39 is 17.7 Å². The summed E-state index contributed by atoms with van der Waals surface area (Å²) in [5.41, 5.74) is 0.480. The number of ketones is 1. The second-order valence-electron chi connectivity index (χ2n) is 6.52. The smallest absolute Gasteiger partial charge is 0.258 e. The van der Waals surface area contributed by atoms with Gasteiger partial charge >= 0.3 is 0 Å². The van der Waals surface area contributed by atoms with Crippen molar-refractivity contribution in [2.45, 2.75) is 26.8 Å². The van der Waals surface area contributed by atoms with Crippen molar-refractivity contribution in [2.75, 3.05) is 32.8 Å². The molecule has 2 rings (SSSR count). The first-order chi connectivity index (χ1) is 15.7. The van der Waals surface area contributed by atoms with E-state index in [9.17, 15) is 9.59 Å². The van der Waals surface area contributed by atoms with Crippen LogP contribution in [-0.4, -0.2) is 45.2 Å². The van der Waals surface area contributed by atoms with Crippen LogP contribution in [0.15, 0.2) is 34.5 Å². The Hall–Kier alpha value is -3.04. The van der Waals surface area contributed by atoms with Gasteiger partial charge in [-0.2, -0.15) is 10.2 Å². The molecule has 0 radical (unpaired) electrons. The van der Waals surface area contributed by atoms with Gasteiger partial charge in [0.25, 0.3) is 5.91 Å². The van der Waals surface area contributed by atoms with Gasteiger partial charge in [-0.3, -0.25) is 9.59 Å². The Morgan fingerprint density at radius 2 is 1.48 bits per heavy atom. The van der Waals surface area contributed by atoms with E-state index >= 15 is 0 Å². The molecule has 2 aromatic carbocycles. The summed E-state index contributed by atoms with van der Waals surface area (Å²) in [6.07, 6.45) is 0. The van der Waals surface area contributed by atoms with E-state index in [0.717, 1.165) is 0 Å². The fourth-order valence-electron chi connectivity index (χ4n) is 2.73. The molecule has 1 amide bonds. The molecule has 0 aliphatic heterocycles. The van der Waals surface area contributed by atoms with Crippen LogP contribution in [0.25, 0.3) is 0 Å². The van der Waals surface area contributed by atoms with E-state index in [-0.39, 0.29) is 16.4 Å². The maximum Gasteiger partial charge on any atom is 0.258 e. The number of azo groups is 1. The first-order valence-electron chi connectivity index (χ1n) is 9.98. The predicted molar refractivity (Wildman–Crippen MR) is 126 cm³/mol.